The monoisotopic (exact) mass is 271 g/mol. The Morgan fingerprint density at radius 2 is 1.80 bits per heavy atom. The molecule has 0 atom stereocenters. The van der Waals surface area contributed by atoms with E-state index in [-0.39, 0.29) is 11.0 Å². The van der Waals surface area contributed by atoms with Gasteiger partial charge in [0, 0.05) is 22.8 Å². The van der Waals surface area contributed by atoms with E-state index < -0.39 is 0 Å². The minimum atomic E-state index is 0.0110. The number of benzene rings is 1. The maximum atomic E-state index is 6.00. The number of fused-ring (bicyclic) bond motifs is 1. The van der Waals surface area contributed by atoms with Gasteiger partial charge in [0.05, 0.1) is 11.2 Å². The van der Waals surface area contributed by atoms with Gasteiger partial charge in [-0.3, -0.25) is 4.98 Å². The van der Waals surface area contributed by atoms with Crippen molar-refractivity contribution in [2.24, 2.45) is 5.41 Å². The van der Waals surface area contributed by atoms with Gasteiger partial charge in [-0.25, -0.2) is 0 Å². The van der Waals surface area contributed by atoms with E-state index >= 15 is 0 Å². The van der Waals surface area contributed by atoms with Gasteiger partial charge in [0.25, 0.3) is 0 Å². The normalized spacial score (nSPS) is 12.7. The van der Waals surface area contributed by atoms with E-state index in [1.807, 2.05) is 24.4 Å². The van der Waals surface area contributed by atoms with Crippen molar-refractivity contribution >= 4 is 22.3 Å². The lowest BCUT2D eigenvalue weighted by atomic mass is 9.81. The Labute approximate surface area is 121 Å². The van der Waals surface area contributed by atoms with Crippen molar-refractivity contribution in [1.29, 1.82) is 0 Å². The molecule has 0 amide bonds. The molecule has 20 heavy (non-hydrogen) atoms. The standard InChI is InChI=1S/C17H25N3/c1-16(2,3)11-17(4,5)20-14-9-10-19-15-12(14)7-6-8-13(15)18/h6-10H,11,18H2,1-5H3,(H,19,20). The zero-order valence-electron chi connectivity index (χ0n) is 13.1. The summed E-state index contributed by atoms with van der Waals surface area (Å²) in [6.45, 7) is 11.3. The third kappa shape index (κ3) is 3.41. The largest absolute Gasteiger partial charge is 0.397 e. The van der Waals surface area contributed by atoms with Crippen LogP contribution in [0.25, 0.3) is 10.9 Å². The molecule has 0 saturated carbocycles. The maximum Gasteiger partial charge on any atom is 0.0951 e. The third-order valence-electron chi connectivity index (χ3n) is 3.25. The fraction of sp³-hybridized carbons (Fsp3) is 0.471. The second-order valence-corrected chi connectivity index (χ2v) is 7.35. The highest BCUT2D eigenvalue weighted by atomic mass is 15.0. The Morgan fingerprint density at radius 1 is 1.10 bits per heavy atom. The van der Waals surface area contributed by atoms with Crippen molar-refractivity contribution in [2.45, 2.75) is 46.6 Å². The molecule has 0 fully saturated rings. The van der Waals surface area contributed by atoms with Gasteiger partial charge in [-0.1, -0.05) is 32.9 Å². The van der Waals surface area contributed by atoms with Crippen LogP contribution >= 0.6 is 0 Å². The summed E-state index contributed by atoms with van der Waals surface area (Å²) in [6.07, 6.45) is 2.89. The molecule has 0 unspecified atom stereocenters. The average Bonchev–Trinajstić information content (AvgIpc) is 2.26. The van der Waals surface area contributed by atoms with E-state index in [1.54, 1.807) is 0 Å². The van der Waals surface area contributed by atoms with Gasteiger partial charge in [0.1, 0.15) is 0 Å². The molecule has 1 aromatic carbocycles. The van der Waals surface area contributed by atoms with Gasteiger partial charge < -0.3 is 11.1 Å². The van der Waals surface area contributed by atoms with Crippen molar-refractivity contribution in [3.05, 3.63) is 30.5 Å². The second-order valence-electron chi connectivity index (χ2n) is 7.35. The van der Waals surface area contributed by atoms with Crippen molar-refractivity contribution in [2.75, 3.05) is 11.1 Å². The van der Waals surface area contributed by atoms with E-state index in [0.29, 0.717) is 0 Å². The number of nitrogens with two attached hydrogens (primary N) is 1. The Balaban J connectivity index is 2.37. The van der Waals surface area contributed by atoms with Gasteiger partial charge in [-0.05, 0) is 37.8 Å². The number of hydrogen-bond donors (Lipinski definition) is 2. The second kappa shape index (κ2) is 4.97. The molecule has 3 N–H and O–H groups in total. The first-order valence-corrected chi connectivity index (χ1v) is 7.09. The summed E-state index contributed by atoms with van der Waals surface area (Å²) in [4.78, 5) is 4.38. The summed E-state index contributed by atoms with van der Waals surface area (Å²) >= 11 is 0. The first kappa shape index (κ1) is 14.6. The predicted molar refractivity (Wildman–Crippen MR) is 87.9 cm³/mol. The fourth-order valence-corrected chi connectivity index (χ4v) is 3.04. The van der Waals surface area contributed by atoms with Crippen LogP contribution in [-0.4, -0.2) is 10.5 Å². The number of pyridine rings is 1. The van der Waals surface area contributed by atoms with Gasteiger partial charge in [-0.2, -0.15) is 0 Å². The molecule has 0 spiro atoms. The molecule has 2 rings (SSSR count). The lowest BCUT2D eigenvalue weighted by Crippen LogP contribution is -2.35. The first-order chi connectivity index (χ1) is 9.18. The fourth-order valence-electron chi connectivity index (χ4n) is 3.04. The van der Waals surface area contributed by atoms with Gasteiger partial charge in [0.15, 0.2) is 0 Å². The highest BCUT2D eigenvalue weighted by molar-refractivity contribution is 5.97. The summed E-state index contributed by atoms with van der Waals surface area (Å²) < 4.78 is 0. The minimum absolute atomic E-state index is 0.0110. The SMILES string of the molecule is CC(C)(C)CC(C)(C)Nc1ccnc2c(N)cccc12. The third-order valence-corrected chi connectivity index (χ3v) is 3.25. The summed E-state index contributed by atoms with van der Waals surface area (Å²) in [6, 6.07) is 7.95. The summed E-state index contributed by atoms with van der Waals surface area (Å²) in [5.74, 6) is 0. The maximum absolute atomic E-state index is 6.00. The van der Waals surface area contributed by atoms with Crippen LogP contribution in [-0.2, 0) is 0 Å². The molecular formula is C17H25N3. The molecule has 0 bridgehead atoms. The molecule has 108 valence electrons. The van der Waals surface area contributed by atoms with E-state index in [2.05, 4.69) is 51.0 Å². The number of hydrogen-bond acceptors (Lipinski definition) is 3. The molecule has 1 heterocycles. The number of rotatable bonds is 3. The number of para-hydroxylation sites is 1. The number of aromatic nitrogens is 1. The van der Waals surface area contributed by atoms with Crippen LogP contribution in [0, 0.1) is 5.41 Å². The molecule has 0 aliphatic carbocycles. The Morgan fingerprint density at radius 3 is 2.45 bits per heavy atom. The molecule has 3 nitrogen and oxygen atoms in total. The zero-order chi connectivity index (χ0) is 15.0. The molecule has 0 aliphatic heterocycles. The van der Waals surface area contributed by atoms with Crippen LogP contribution in [0.4, 0.5) is 11.4 Å². The van der Waals surface area contributed by atoms with E-state index in [1.165, 1.54) is 0 Å². The molecule has 2 aromatic rings. The number of nitrogens with zero attached hydrogens (tertiary/aromatic N) is 1. The van der Waals surface area contributed by atoms with Gasteiger partial charge in [-0.15, -0.1) is 0 Å². The molecular weight excluding hydrogens is 246 g/mol. The van der Waals surface area contributed by atoms with Crippen LogP contribution in [0.3, 0.4) is 0 Å². The first-order valence-electron chi connectivity index (χ1n) is 7.09. The van der Waals surface area contributed by atoms with Crippen molar-refractivity contribution in [3.63, 3.8) is 0 Å². The Kier molecular flexibility index (Phi) is 3.63. The molecule has 0 saturated heterocycles. The van der Waals surface area contributed by atoms with Crippen LogP contribution in [0.1, 0.15) is 41.0 Å². The topological polar surface area (TPSA) is 50.9 Å². The quantitative estimate of drug-likeness (QED) is 0.811. The summed E-state index contributed by atoms with van der Waals surface area (Å²) in [7, 11) is 0. The van der Waals surface area contributed by atoms with Gasteiger partial charge in [0.2, 0.25) is 0 Å². The highest BCUT2D eigenvalue weighted by Crippen LogP contribution is 2.32. The lowest BCUT2D eigenvalue weighted by molar-refractivity contribution is 0.302. The Hall–Kier alpha value is -1.77. The van der Waals surface area contributed by atoms with E-state index in [0.717, 1.165) is 28.7 Å². The number of nitrogen functional groups attached to an aromatic ring is 1. The number of anilines is 2. The van der Waals surface area contributed by atoms with Crippen LogP contribution in [0.15, 0.2) is 30.5 Å². The highest BCUT2D eigenvalue weighted by Gasteiger charge is 2.25. The van der Waals surface area contributed by atoms with Crippen molar-refractivity contribution in [1.82, 2.24) is 4.98 Å². The van der Waals surface area contributed by atoms with Crippen LogP contribution in [0.5, 0.6) is 0 Å². The molecule has 0 aliphatic rings. The molecule has 0 radical (unpaired) electrons. The predicted octanol–water partition coefficient (Wildman–Crippen LogP) is 4.44. The van der Waals surface area contributed by atoms with Crippen molar-refractivity contribution in [3.8, 4) is 0 Å². The smallest absolute Gasteiger partial charge is 0.0951 e. The average molecular weight is 271 g/mol. The van der Waals surface area contributed by atoms with Crippen molar-refractivity contribution < 1.29 is 0 Å². The molecule has 1 aromatic heterocycles. The Bertz CT molecular complexity index is 609. The minimum Gasteiger partial charge on any atom is -0.397 e. The van der Waals surface area contributed by atoms with E-state index in [9.17, 15) is 0 Å². The summed E-state index contributed by atoms with van der Waals surface area (Å²) in [5, 5.41) is 4.73. The lowest BCUT2D eigenvalue weighted by Gasteiger charge is -2.34. The van der Waals surface area contributed by atoms with Crippen LogP contribution in [0.2, 0.25) is 0 Å². The van der Waals surface area contributed by atoms with Gasteiger partial charge >= 0.3 is 0 Å². The van der Waals surface area contributed by atoms with Crippen LogP contribution < -0.4 is 11.1 Å². The number of nitrogens with one attached hydrogen (secondary N) is 1. The molecule has 3 heteroatoms. The zero-order valence-corrected chi connectivity index (χ0v) is 13.1. The van der Waals surface area contributed by atoms with E-state index in [4.69, 9.17) is 5.73 Å². The summed E-state index contributed by atoms with van der Waals surface area (Å²) in [5.41, 5.74) is 8.97.